The summed E-state index contributed by atoms with van der Waals surface area (Å²) in [7, 11) is 1.59. The van der Waals surface area contributed by atoms with Crippen LogP contribution < -0.4 is 10.5 Å². The SMILES string of the molecule is COc1ccc(-c2nnnn2CC(C)(C)C)cc1N. The highest BCUT2D eigenvalue weighted by Crippen LogP contribution is 2.28. The van der Waals surface area contributed by atoms with Crippen molar-refractivity contribution in [2.75, 3.05) is 12.8 Å². The van der Waals surface area contributed by atoms with Gasteiger partial charge in [0, 0.05) is 12.1 Å². The van der Waals surface area contributed by atoms with Crippen LogP contribution in [0.25, 0.3) is 11.4 Å². The molecule has 102 valence electrons. The number of aromatic nitrogens is 4. The van der Waals surface area contributed by atoms with Crippen molar-refractivity contribution in [2.45, 2.75) is 27.3 Å². The van der Waals surface area contributed by atoms with E-state index in [0.717, 1.165) is 12.1 Å². The van der Waals surface area contributed by atoms with Crippen LogP contribution in [0.5, 0.6) is 5.75 Å². The first-order valence-electron chi connectivity index (χ1n) is 6.11. The van der Waals surface area contributed by atoms with Gasteiger partial charge < -0.3 is 10.5 Å². The molecule has 19 heavy (non-hydrogen) atoms. The molecule has 1 aromatic carbocycles. The molecule has 0 fully saturated rings. The lowest BCUT2D eigenvalue weighted by Crippen LogP contribution is -2.17. The summed E-state index contributed by atoms with van der Waals surface area (Å²) < 4.78 is 6.94. The minimum Gasteiger partial charge on any atom is -0.495 e. The fourth-order valence-corrected chi connectivity index (χ4v) is 1.84. The third-order valence-corrected chi connectivity index (χ3v) is 2.64. The van der Waals surface area contributed by atoms with Gasteiger partial charge in [0.1, 0.15) is 5.75 Å². The lowest BCUT2D eigenvalue weighted by atomic mass is 9.97. The second-order valence-corrected chi connectivity index (χ2v) is 5.68. The summed E-state index contributed by atoms with van der Waals surface area (Å²) in [5, 5.41) is 11.9. The Morgan fingerprint density at radius 1 is 1.32 bits per heavy atom. The molecule has 0 saturated carbocycles. The highest BCUT2D eigenvalue weighted by molar-refractivity contribution is 5.66. The average molecular weight is 261 g/mol. The summed E-state index contributed by atoms with van der Waals surface area (Å²) in [6.07, 6.45) is 0. The van der Waals surface area contributed by atoms with Gasteiger partial charge in [-0.15, -0.1) is 5.10 Å². The number of ether oxygens (including phenoxy) is 1. The minimum absolute atomic E-state index is 0.0994. The van der Waals surface area contributed by atoms with Crippen molar-refractivity contribution in [3.8, 4) is 17.1 Å². The molecule has 2 aromatic rings. The predicted molar refractivity (Wildman–Crippen MR) is 73.7 cm³/mol. The molecule has 0 aliphatic rings. The molecule has 0 aliphatic heterocycles. The van der Waals surface area contributed by atoms with E-state index in [0.29, 0.717) is 17.3 Å². The quantitative estimate of drug-likeness (QED) is 0.855. The molecule has 1 heterocycles. The number of hydrogen-bond donors (Lipinski definition) is 1. The van der Waals surface area contributed by atoms with Gasteiger partial charge in [-0.3, -0.25) is 0 Å². The Kier molecular flexibility index (Phi) is 3.42. The molecule has 0 aliphatic carbocycles. The Balaban J connectivity index is 2.37. The average Bonchev–Trinajstić information content (AvgIpc) is 2.74. The van der Waals surface area contributed by atoms with E-state index in [1.54, 1.807) is 11.8 Å². The largest absolute Gasteiger partial charge is 0.495 e. The zero-order chi connectivity index (χ0) is 14.0. The van der Waals surface area contributed by atoms with E-state index in [-0.39, 0.29) is 5.41 Å². The number of methoxy groups -OCH3 is 1. The van der Waals surface area contributed by atoms with E-state index >= 15 is 0 Å². The summed E-state index contributed by atoms with van der Waals surface area (Å²) >= 11 is 0. The summed E-state index contributed by atoms with van der Waals surface area (Å²) in [5.41, 5.74) is 7.47. The second-order valence-electron chi connectivity index (χ2n) is 5.68. The van der Waals surface area contributed by atoms with Gasteiger partial charge in [-0.25, -0.2) is 4.68 Å². The third-order valence-electron chi connectivity index (χ3n) is 2.64. The summed E-state index contributed by atoms with van der Waals surface area (Å²) in [6, 6.07) is 5.55. The van der Waals surface area contributed by atoms with Gasteiger partial charge in [0.15, 0.2) is 5.82 Å². The lowest BCUT2D eigenvalue weighted by molar-refractivity contribution is 0.323. The number of benzene rings is 1. The number of hydrogen-bond acceptors (Lipinski definition) is 5. The summed E-state index contributed by atoms with van der Waals surface area (Å²) in [4.78, 5) is 0. The van der Waals surface area contributed by atoms with Crippen LogP contribution >= 0.6 is 0 Å². The Labute approximate surface area is 112 Å². The fraction of sp³-hybridized carbons (Fsp3) is 0.462. The molecule has 0 radical (unpaired) electrons. The predicted octanol–water partition coefficient (Wildman–Crippen LogP) is 1.98. The molecule has 0 bridgehead atoms. The van der Waals surface area contributed by atoms with E-state index in [1.165, 1.54) is 0 Å². The Hall–Kier alpha value is -2.11. The zero-order valence-corrected chi connectivity index (χ0v) is 11.7. The maximum atomic E-state index is 5.91. The van der Waals surface area contributed by atoms with Gasteiger partial charge in [0.25, 0.3) is 0 Å². The van der Waals surface area contributed by atoms with Crippen LogP contribution in [0.3, 0.4) is 0 Å². The van der Waals surface area contributed by atoms with Crippen LogP contribution in [0.15, 0.2) is 18.2 Å². The molecule has 0 unspecified atom stereocenters. The standard InChI is InChI=1S/C13H19N5O/c1-13(2,3)8-18-12(15-16-17-18)9-5-6-11(19-4)10(14)7-9/h5-7H,8,14H2,1-4H3. The summed E-state index contributed by atoms with van der Waals surface area (Å²) in [5.74, 6) is 1.36. The van der Waals surface area contributed by atoms with E-state index in [4.69, 9.17) is 10.5 Å². The Morgan fingerprint density at radius 3 is 2.63 bits per heavy atom. The van der Waals surface area contributed by atoms with Crippen molar-refractivity contribution >= 4 is 5.69 Å². The van der Waals surface area contributed by atoms with Gasteiger partial charge in [0.05, 0.1) is 12.8 Å². The topological polar surface area (TPSA) is 78.9 Å². The van der Waals surface area contributed by atoms with Gasteiger partial charge in [-0.1, -0.05) is 20.8 Å². The van der Waals surface area contributed by atoms with Crippen molar-refractivity contribution in [3.05, 3.63) is 18.2 Å². The zero-order valence-electron chi connectivity index (χ0n) is 11.7. The Morgan fingerprint density at radius 2 is 2.05 bits per heavy atom. The maximum absolute atomic E-state index is 5.91. The van der Waals surface area contributed by atoms with Crippen LogP contribution in [0.2, 0.25) is 0 Å². The van der Waals surface area contributed by atoms with E-state index < -0.39 is 0 Å². The molecule has 1 aromatic heterocycles. The second kappa shape index (κ2) is 4.87. The molecule has 0 saturated heterocycles. The molecule has 2 N–H and O–H groups in total. The highest BCUT2D eigenvalue weighted by Gasteiger charge is 2.17. The lowest BCUT2D eigenvalue weighted by Gasteiger charge is -2.18. The van der Waals surface area contributed by atoms with Crippen LogP contribution in [-0.2, 0) is 6.54 Å². The number of nitrogens with two attached hydrogens (primary N) is 1. The Bertz CT molecular complexity index is 571. The van der Waals surface area contributed by atoms with Crippen LogP contribution in [0, 0.1) is 5.41 Å². The maximum Gasteiger partial charge on any atom is 0.182 e. The minimum atomic E-state index is 0.0994. The van der Waals surface area contributed by atoms with Crippen molar-refractivity contribution in [3.63, 3.8) is 0 Å². The molecule has 0 atom stereocenters. The first kappa shape index (κ1) is 13.3. The van der Waals surface area contributed by atoms with Gasteiger partial charge >= 0.3 is 0 Å². The normalized spacial score (nSPS) is 11.6. The van der Waals surface area contributed by atoms with E-state index in [1.807, 2.05) is 18.2 Å². The van der Waals surface area contributed by atoms with Crippen LogP contribution in [-0.4, -0.2) is 27.3 Å². The number of nitrogen functional groups attached to an aromatic ring is 1. The van der Waals surface area contributed by atoms with Gasteiger partial charge in [-0.2, -0.15) is 0 Å². The van der Waals surface area contributed by atoms with Crippen molar-refractivity contribution in [2.24, 2.45) is 5.41 Å². The van der Waals surface area contributed by atoms with E-state index in [9.17, 15) is 0 Å². The van der Waals surface area contributed by atoms with Gasteiger partial charge in [-0.05, 0) is 34.0 Å². The van der Waals surface area contributed by atoms with Crippen molar-refractivity contribution in [1.82, 2.24) is 20.2 Å². The molecule has 6 heteroatoms. The van der Waals surface area contributed by atoms with Crippen LogP contribution in [0.4, 0.5) is 5.69 Å². The first-order chi connectivity index (χ1) is 8.90. The van der Waals surface area contributed by atoms with Crippen molar-refractivity contribution < 1.29 is 4.74 Å². The first-order valence-corrected chi connectivity index (χ1v) is 6.11. The third kappa shape index (κ3) is 3.01. The fourth-order valence-electron chi connectivity index (χ4n) is 1.84. The number of rotatable bonds is 3. The molecular formula is C13H19N5O. The molecule has 0 spiro atoms. The molecule has 0 amide bonds. The monoisotopic (exact) mass is 261 g/mol. The van der Waals surface area contributed by atoms with Crippen molar-refractivity contribution in [1.29, 1.82) is 0 Å². The smallest absolute Gasteiger partial charge is 0.182 e. The number of nitrogens with zero attached hydrogens (tertiary/aromatic N) is 4. The highest BCUT2D eigenvalue weighted by atomic mass is 16.5. The number of tetrazole rings is 1. The van der Waals surface area contributed by atoms with Gasteiger partial charge in [0.2, 0.25) is 0 Å². The molecular weight excluding hydrogens is 242 g/mol. The van der Waals surface area contributed by atoms with Crippen LogP contribution in [0.1, 0.15) is 20.8 Å². The molecule has 6 nitrogen and oxygen atoms in total. The summed E-state index contributed by atoms with van der Waals surface area (Å²) in [6.45, 7) is 7.16. The molecule has 2 rings (SSSR count). The number of anilines is 1. The van der Waals surface area contributed by atoms with E-state index in [2.05, 4.69) is 36.3 Å².